The SMILES string of the molecule is CC1(C)CC2=C(N=NC2)C2=C1[N+]1([O-])CCN1C2. The van der Waals surface area contributed by atoms with Crippen LogP contribution >= 0.6 is 0 Å². The second kappa shape index (κ2) is 2.68. The smallest absolute Gasteiger partial charge is 0.141 e. The average Bonchev–Trinajstić information content (AvgIpc) is 2.74. The van der Waals surface area contributed by atoms with Crippen LogP contribution in [0.4, 0.5) is 0 Å². The lowest BCUT2D eigenvalue weighted by atomic mass is 9.75. The molecule has 4 aliphatic rings. The van der Waals surface area contributed by atoms with Crippen LogP contribution in [-0.4, -0.2) is 35.9 Å². The highest BCUT2D eigenvalue weighted by atomic mass is 16.6. The lowest BCUT2D eigenvalue weighted by Gasteiger charge is -2.56. The predicted octanol–water partition coefficient (Wildman–Crippen LogP) is 1.95. The summed E-state index contributed by atoms with van der Waals surface area (Å²) in [4.78, 5) is 0. The summed E-state index contributed by atoms with van der Waals surface area (Å²) in [6.07, 6.45) is 0.935. The van der Waals surface area contributed by atoms with Gasteiger partial charge in [-0.1, -0.05) is 13.8 Å². The van der Waals surface area contributed by atoms with E-state index in [1.807, 2.05) is 5.01 Å². The maximum absolute atomic E-state index is 12.8. The van der Waals surface area contributed by atoms with Crippen LogP contribution < -0.4 is 0 Å². The van der Waals surface area contributed by atoms with Crippen LogP contribution in [0.1, 0.15) is 20.3 Å². The zero-order valence-electron chi connectivity index (χ0n) is 10.2. The number of nitrogens with zero attached hydrogens (tertiary/aromatic N) is 4. The molecule has 5 nitrogen and oxygen atoms in total. The Morgan fingerprint density at radius 3 is 2.94 bits per heavy atom. The summed E-state index contributed by atoms with van der Waals surface area (Å²) < 4.78 is -0.214. The van der Waals surface area contributed by atoms with Crippen LogP contribution in [0.5, 0.6) is 0 Å². The molecule has 0 spiro atoms. The molecule has 1 saturated heterocycles. The van der Waals surface area contributed by atoms with Crippen LogP contribution in [0.2, 0.25) is 0 Å². The van der Waals surface area contributed by atoms with Crippen LogP contribution in [0.25, 0.3) is 0 Å². The summed E-state index contributed by atoms with van der Waals surface area (Å²) in [6.45, 7) is 7.47. The molecule has 0 amide bonds. The third kappa shape index (κ3) is 1.01. The Morgan fingerprint density at radius 2 is 2.24 bits per heavy atom. The molecule has 17 heavy (non-hydrogen) atoms. The molecule has 1 aliphatic carbocycles. The molecule has 0 aromatic carbocycles. The third-order valence-corrected chi connectivity index (χ3v) is 4.44. The zero-order valence-corrected chi connectivity index (χ0v) is 10.2. The van der Waals surface area contributed by atoms with E-state index in [-0.39, 0.29) is 10.2 Å². The molecular formula is C12H16N4O. The van der Waals surface area contributed by atoms with Crippen molar-refractivity contribution in [1.82, 2.24) is 5.01 Å². The Balaban J connectivity index is 1.93. The van der Waals surface area contributed by atoms with E-state index < -0.39 is 0 Å². The van der Waals surface area contributed by atoms with Gasteiger partial charge in [0.05, 0.1) is 24.4 Å². The van der Waals surface area contributed by atoms with Crippen LogP contribution in [-0.2, 0) is 0 Å². The molecule has 1 fully saturated rings. The molecule has 0 aromatic heterocycles. The highest BCUT2D eigenvalue weighted by molar-refractivity contribution is 5.47. The number of hydrogen-bond acceptors (Lipinski definition) is 4. The molecule has 0 aromatic rings. The van der Waals surface area contributed by atoms with Crippen LogP contribution in [0, 0.1) is 10.6 Å². The number of quaternary nitrogens is 1. The van der Waals surface area contributed by atoms with Gasteiger partial charge >= 0.3 is 0 Å². The molecule has 1 atom stereocenters. The van der Waals surface area contributed by atoms with E-state index in [9.17, 15) is 5.21 Å². The summed E-state index contributed by atoms with van der Waals surface area (Å²) in [7, 11) is 0. The van der Waals surface area contributed by atoms with Gasteiger partial charge in [-0.2, -0.15) is 10.2 Å². The first kappa shape index (κ1) is 9.94. The third-order valence-electron chi connectivity index (χ3n) is 4.44. The first-order valence-electron chi connectivity index (χ1n) is 6.21. The molecule has 4 rings (SSSR count). The van der Waals surface area contributed by atoms with Crippen molar-refractivity contribution in [2.24, 2.45) is 15.6 Å². The normalized spacial score (nSPS) is 38.1. The van der Waals surface area contributed by atoms with Gasteiger partial charge in [0.15, 0.2) is 0 Å². The van der Waals surface area contributed by atoms with Crippen molar-refractivity contribution in [2.45, 2.75) is 20.3 Å². The Labute approximate surface area is 100 Å². The molecule has 0 radical (unpaired) electrons. The van der Waals surface area contributed by atoms with Gasteiger partial charge in [-0.05, 0) is 12.0 Å². The van der Waals surface area contributed by atoms with Gasteiger partial charge in [-0.3, -0.25) is 0 Å². The summed E-state index contributed by atoms with van der Waals surface area (Å²) in [5.74, 6) is 0. The zero-order chi connectivity index (χ0) is 11.8. The molecule has 0 N–H and O–H groups in total. The second-order valence-electron chi connectivity index (χ2n) is 6.05. The van der Waals surface area contributed by atoms with E-state index in [1.54, 1.807) is 0 Å². The number of hydrogen-bond donors (Lipinski definition) is 0. The number of allylic oxidation sites excluding steroid dienone is 1. The monoisotopic (exact) mass is 232 g/mol. The highest BCUT2D eigenvalue weighted by Crippen LogP contribution is 2.54. The van der Waals surface area contributed by atoms with Gasteiger partial charge in [0.2, 0.25) is 0 Å². The first-order chi connectivity index (χ1) is 8.02. The number of hydroxylamine groups is 2. The van der Waals surface area contributed by atoms with E-state index in [0.717, 1.165) is 37.4 Å². The van der Waals surface area contributed by atoms with Crippen molar-refractivity contribution < 1.29 is 4.76 Å². The minimum atomic E-state index is -0.214. The molecule has 0 saturated carbocycles. The lowest BCUT2D eigenvalue weighted by Crippen LogP contribution is -2.66. The van der Waals surface area contributed by atoms with Gasteiger partial charge in [0.25, 0.3) is 0 Å². The Kier molecular flexibility index (Phi) is 1.57. The van der Waals surface area contributed by atoms with E-state index in [1.165, 1.54) is 11.1 Å². The molecular weight excluding hydrogens is 216 g/mol. The average molecular weight is 232 g/mol. The first-order valence-corrected chi connectivity index (χ1v) is 6.21. The Bertz CT molecular complexity index is 517. The fourth-order valence-electron chi connectivity index (χ4n) is 3.77. The summed E-state index contributed by atoms with van der Waals surface area (Å²) in [5.41, 5.74) is 4.53. The molecule has 0 bridgehead atoms. The fraction of sp³-hybridized carbons (Fsp3) is 0.667. The number of fused-ring (bicyclic) bond motifs is 3. The molecule has 1 unspecified atom stereocenters. The van der Waals surface area contributed by atoms with Crippen LogP contribution in [0.3, 0.4) is 0 Å². The Morgan fingerprint density at radius 1 is 1.41 bits per heavy atom. The van der Waals surface area contributed by atoms with Gasteiger partial charge in [0.1, 0.15) is 18.8 Å². The van der Waals surface area contributed by atoms with Crippen molar-refractivity contribution in [3.05, 3.63) is 27.7 Å². The topological polar surface area (TPSA) is 51.0 Å². The van der Waals surface area contributed by atoms with Crippen molar-refractivity contribution in [1.29, 1.82) is 0 Å². The van der Waals surface area contributed by atoms with E-state index in [0.29, 0.717) is 6.54 Å². The van der Waals surface area contributed by atoms with Gasteiger partial charge in [0, 0.05) is 5.41 Å². The van der Waals surface area contributed by atoms with Gasteiger partial charge < -0.3 is 5.21 Å². The lowest BCUT2D eigenvalue weighted by molar-refractivity contribution is -1.00. The summed E-state index contributed by atoms with van der Waals surface area (Å²) >= 11 is 0. The fourth-order valence-corrected chi connectivity index (χ4v) is 3.77. The quantitative estimate of drug-likeness (QED) is 0.473. The minimum absolute atomic E-state index is 0.0412. The van der Waals surface area contributed by atoms with Crippen molar-refractivity contribution in [3.8, 4) is 0 Å². The van der Waals surface area contributed by atoms with E-state index >= 15 is 0 Å². The maximum Gasteiger partial charge on any atom is 0.141 e. The van der Waals surface area contributed by atoms with Crippen molar-refractivity contribution in [2.75, 3.05) is 26.2 Å². The number of azo groups is 1. The molecule has 5 heteroatoms. The molecule has 90 valence electrons. The summed E-state index contributed by atoms with van der Waals surface area (Å²) in [6, 6.07) is 0. The molecule has 3 aliphatic heterocycles. The predicted molar refractivity (Wildman–Crippen MR) is 62.2 cm³/mol. The molecule has 3 heterocycles. The van der Waals surface area contributed by atoms with Crippen molar-refractivity contribution >= 4 is 0 Å². The van der Waals surface area contributed by atoms with Crippen molar-refractivity contribution in [3.63, 3.8) is 0 Å². The van der Waals surface area contributed by atoms with E-state index in [2.05, 4.69) is 24.1 Å². The van der Waals surface area contributed by atoms with E-state index in [4.69, 9.17) is 0 Å². The maximum atomic E-state index is 12.8. The standard InChI is InChI=1S/C12H16N4O/c1-12(2)5-8-6-13-14-10(8)9-7-15-3-4-16(15,17)11(9)12/h3-7H2,1-2H3. The largest absolute Gasteiger partial charge is 0.606 e. The number of rotatable bonds is 0. The summed E-state index contributed by atoms with van der Waals surface area (Å²) in [5, 5.41) is 23.2. The second-order valence-corrected chi connectivity index (χ2v) is 6.05. The minimum Gasteiger partial charge on any atom is -0.606 e. The van der Waals surface area contributed by atoms with Gasteiger partial charge in [-0.25, -0.2) is 4.76 Å². The van der Waals surface area contributed by atoms with Gasteiger partial charge in [-0.15, -0.1) is 5.01 Å². The highest BCUT2D eigenvalue weighted by Gasteiger charge is 2.56. The van der Waals surface area contributed by atoms with Crippen LogP contribution in [0.15, 0.2) is 32.8 Å². The Hall–Kier alpha value is -1.04.